The van der Waals surface area contributed by atoms with Crippen LogP contribution in [0.4, 0.5) is 0 Å². The van der Waals surface area contributed by atoms with E-state index in [0.29, 0.717) is 22.2 Å². The van der Waals surface area contributed by atoms with Gasteiger partial charge in [-0.2, -0.15) is 18.7 Å². The fraction of sp³-hybridized carbons (Fsp3) is 0.176. The van der Waals surface area contributed by atoms with E-state index in [0.717, 1.165) is 11.1 Å². The van der Waals surface area contributed by atoms with Crippen LogP contribution < -0.4 is 9.32 Å². The molecule has 1 unspecified atom stereocenters. The molecule has 1 aliphatic heterocycles. The van der Waals surface area contributed by atoms with Gasteiger partial charge in [-0.05, 0) is 47.5 Å². The largest absolute Gasteiger partial charge is 0.380 e. The van der Waals surface area contributed by atoms with Gasteiger partial charge in [-0.25, -0.2) is 5.01 Å². The van der Waals surface area contributed by atoms with Gasteiger partial charge < -0.3 is 4.18 Å². The predicted molar refractivity (Wildman–Crippen MR) is 103 cm³/mol. The molecule has 142 valence electrons. The van der Waals surface area contributed by atoms with Crippen molar-refractivity contribution < 1.29 is 17.4 Å². The second-order valence-corrected chi connectivity index (χ2v) is 7.89. The lowest BCUT2D eigenvalue weighted by Crippen LogP contribution is -2.24. The van der Waals surface area contributed by atoms with Gasteiger partial charge in [0.1, 0.15) is 5.75 Å². The number of amides is 1. The Morgan fingerprint density at radius 3 is 2.44 bits per heavy atom. The predicted octanol–water partition coefficient (Wildman–Crippen LogP) is 3.27. The molecule has 0 aromatic heterocycles. The van der Waals surface area contributed by atoms with Crippen molar-refractivity contribution in [3.63, 3.8) is 0 Å². The molecule has 1 amide bonds. The number of hydrogen-bond acceptors (Lipinski definition) is 5. The van der Waals surface area contributed by atoms with E-state index < -0.39 is 10.3 Å². The third-order valence-electron chi connectivity index (χ3n) is 3.95. The average molecular weight is 428 g/mol. The SMILES string of the molecule is CC(=O)N1N=C(c2ccc(OS(N)(=O)=O)cc2)CC1c1ccc(Cl)cc1Cl. The average Bonchev–Trinajstić information content (AvgIpc) is 2.99. The Bertz CT molecular complexity index is 1020. The van der Waals surface area contributed by atoms with Crippen LogP contribution in [0.3, 0.4) is 0 Å². The Hall–Kier alpha value is -2.13. The molecule has 2 aromatic carbocycles. The lowest BCUT2D eigenvalue weighted by Gasteiger charge is -2.21. The molecule has 1 atom stereocenters. The Balaban J connectivity index is 1.89. The molecule has 0 saturated heterocycles. The lowest BCUT2D eigenvalue weighted by atomic mass is 9.98. The van der Waals surface area contributed by atoms with Crippen LogP contribution >= 0.6 is 23.2 Å². The molecule has 1 aliphatic rings. The van der Waals surface area contributed by atoms with Gasteiger partial charge in [0, 0.05) is 23.4 Å². The molecule has 3 rings (SSSR count). The maximum absolute atomic E-state index is 12.0. The summed E-state index contributed by atoms with van der Waals surface area (Å²) in [5.74, 6) is -0.143. The number of benzene rings is 2. The topological polar surface area (TPSA) is 102 Å². The first-order valence-corrected chi connectivity index (χ1v) is 10.0. The second kappa shape index (κ2) is 7.47. The van der Waals surface area contributed by atoms with Crippen LogP contribution in [-0.2, 0) is 15.1 Å². The third-order valence-corrected chi connectivity index (χ3v) is 4.94. The monoisotopic (exact) mass is 427 g/mol. The summed E-state index contributed by atoms with van der Waals surface area (Å²) in [4.78, 5) is 12.0. The molecule has 2 N–H and O–H groups in total. The first-order valence-electron chi connectivity index (χ1n) is 7.79. The van der Waals surface area contributed by atoms with Gasteiger partial charge in [0.05, 0.1) is 11.8 Å². The molecule has 0 radical (unpaired) electrons. The summed E-state index contributed by atoms with van der Waals surface area (Å²) in [6.45, 7) is 1.42. The molecular weight excluding hydrogens is 413 g/mol. The normalized spacial score (nSPS) is 17.0. The highest BCUT2D eigenvalue weighted by molar-refractivity contribution is 7.84. The highest BCUT2D eigenvalue weighted by Crippen LogP contribution is 2.37. The highest BCUT2D eigenvalue weighted by atomic mass is 35.5. The van der Waals surface area contributed by atoms with E-state index in [-0.39, 0.29) is 17.7 Å². The smallest absolute Gasteiger partial charge is 0.371 e. The summed E-state index contributed by atoms with van der Waals surface area (Å²) in [6.07, 6.45) is 0.441. The molecule has 10 heteroatoms. The number of rotatable bonds is 4. The van der Waals surface area contributed by atoms with Gasteiger partial charge >= 0.3 is 10.3 Å². The molecule has 0 saturated carbocycles. The van der Waals surface area contributed by atoms with Crippen molar-refractivity contribution in [2.75, 3.05) is 0 Å². The first-order chi connectivity index (χ1) is 12.6. The summed E-state index contributed by atoms with van der Waals surface area (Å²) in [5, 5.41) is 11.6. The Morgan fingerprint density at radius 1 is 1.22 bits per heavy atom. The molecule has 2 aromatic rings. The third kappa shape index (κ3) is 4.59. The Kier molecular flexibility index (Phi) is 5.43. The minimum atomic E-state index is -4.09. The number of carbonyl (C=O) groups is 1. The molecule has 0 fully saturated rings. The van der Waals surface area contributed by atoms with Gasteiger partial charge in [-0.3, -0.25) is 4.79 Å². The molecule has 0 spiro atoms. The van der Waals surface area contributed by atoms with Crippen LogP contribution in [0.1, 0.15) is 30.5 Å². The fourth-order valence-corrected chi connectivity index (χ4v) is 3.74. The van der Waals surface area contributed by atoms with Crippen LogP contribution in [-0.4, -0.2) is 25.0 Å². The molecule has 0 bridgehead atoms. The maximum atomic E-state index is 12.0. The van der Waals surface area contributed by atoms with E-state index in [1.807, 2.05) is 0 Å². The van der Waals surface area contributed by atoms with Crippen molar-refractivity contribution >= 4 is 45.1 Å². The molecular formula is C17H15Cl2N3O4S. The summed E-state index contributed by atoms with van der Waals surface area (Å²) >= 11 is 12.2. The number of hydrazone groups is 1. The van der Waals surface area contributed by atoms with E-state index in [4.69, 9.17) is 28.3 Å². The Morgan fingerprint density at radius 2 is 1.89 bits per heavy atom. The van der Waals surface area contributed by atoms with Gasteiger partial charge in [-0.15, -0.1) is 0 Å². The van der Waals surface area contributed by atoms with Gasteiger partial charge in [-0.1, -0.05) is 29.3 Å². The van der Waals surface area contributed by atoms with E-state index in [1.165, 1.54) is 24.1 Å². The quantitative estimate of drug-likeness (QED) is 0.808. The molecule has 27 heavy (non-hydrogen) atoms. The van der Waals surface area contributed by atoms with Gasteiger partial charge in [0.25, 0.3) is 0 Å². The van der Waals surface area contributed by atoms with Crippen molar-refractivity contribution in [3.8, 4) is 5.75 Å². The zero-order valence-electron chi connectivity index (χ0n) is 14.1. The number of nitrogens with zero attached hydrogens (tertiary/aromatic N) is 2. The zero-order valence-corrected chi connectivity index (χ0v) is 16.4. The van der Waals surface area contributed by atoms with Crippen molar-refractivity contribution in [2.24, 2.45) is 10.2 Å². The number of nitrogens with two attached hydrogens (primary N) is 1. The number of hydrogen-bond donors (Lipinski definition) is 1. The van der Waals surface area contributed by atoms with E-state index >= 15 is 0 Å². The van der Waals surface area contributed by atoms with E-state index in [2.05, 4.69) is 9.28 Å². The van der Waals surface area contributed by atoms with Gasteiger partial charge in [0.2, 0.25) is 5.91 Å². The van der Waals surface area contributed by atoms with E-state index in [1.54, 1.807) is 30.3 Å². The summed E-state index contributed by atoms with van der Waals surface area (Å²) in [6, 6.07) is 10.9. The van der Waals surface area contributed by atoms with Crippen molar-refractivity contribution in [1.29, 1.82) is 0 Å². The molecule has 0 aliphatic carbocycles. The number of carbonyl (C=O) groups excluding carboxylic acids is 1. The van der Waals surface area contributed by atoms with Crippen LogP contribution in [0, 0.1) is 0 Å². The standard InChI is InChI=1S/C17H15Cl2N3O4S/c1-10(23)22-17(14-7-4-12(18)8-15(14)19)9-16(21-22)11-2-5-13(6-3-11)26-27(20,24)25/h2-8,17H,9H2,1H3,(H2,20,24,25). The van der Waals surface area contributed by atoms with Crippen LogP contribution in [0.2, 0.25) is 10.0 Å². The summed E-state index contributed by atoms with van der Waals surface area (Å²) < 4.78 is 26.6. The lowest BCUT2D eigenvalue weighted by molar-refractivity contribution is -0.130. The van der Waals surface area contributed by atoms with Crippen LogP contribution in [0.25, 0.3) is 0 Å². The zero-order chi connectivity index (χ0) is 19.8. The summed E-state index contributed by atoms with van der Waals surface area (Å²) in [5.41, 5.74) is 2.11. The number of halogens is 2. The van der Waals surface area contributed by atoms with Crippen LogP contribution in [0.5, 0.6) is 5.75 Å². The van der Waals surface area contributed by atoms with Crippen LogP contribution in [0.15, 0.2) is 47.6 Å². The molecule has 1 heterocycles. The first kappa shape index (κ1) is 19.6. The van der Waals surface area contributed by atoms with E-state index in [9.17, 15) is 13.2 Å². The highest BCUT2D eigenvalue weighted by Gasteiger charge is 2.32. The maximum Gasteiger partial charge on any atom is 0.380 e. The van der Waals surface area contributed by atoms with Crippen molar-refractivity contribution in [1.82, 2.24) is 5.01 Å². The van der Waals surface area contributed by atoms with Crippen molar-refractivity contribution in [2.45, 2.75) is 19.4 Å². The summed E-state index contributed by atoms with van der Waals surface area (Å²) in [7, 11) is -4.09. The minimum absolute atomic E-state index is 0.0839. The minimum Gasteiger partial charge on any atom is -0.371 e. The molecule has 7 nitrogen and oxygen atoms in total. The van der Waals surface area contributed by atoms with Gasteiger partial charge in [0.15, 0.2) is 0 Å². The van der Waals surface area contributed by atoms with Crippen molar-refractivity contribution in [3.05, 3.63) is 63.6 Å². The Labute approximate surface area is 166 Å². The fourth-order valence-electron chi connectivity index (χ4n) is 2.83. The second-order valence-electron chi connectivity index (χ2n) is 5.90.